The molecule has 3 heterocycles. The van der Waals surface area contributed by atoms with Crippen molar-refractivity contribution >= 4 is 28.2 Å². The highest BCUT2D eigenvalue weighted by atomic mass is 16.1. The van der Waals surface area contributed by atoms with Crippen molar-refractivity contribution in [1.29, 1.82) is 0 Å². The summed E-state index contributed by atoms with van der Waals surface area (Å²) in [6.07, 6.45) is 5.77. The number of hydrogen-bond acceptors (Lipinski definition) is 6. The zero-order valence-electron chi connectivity index (χ0n) is 16.4. The topological polar surface area (TPSA) is 88.8 Å². The number of carbonyl (C=O) groups excluding carboxylic acids is 1. The van der Waals surface area contributed by atoms with E-state index in [1.54, 1.807) is 17.2 Å². The first-order valence-electron chi connectivity index (χ1n) is 10.0. The van der Waals surface area contributed by atoms with Gasteiger partial charge in [0.05, 0.1) is 23.4 Å². The third-order valence-electron chi connectivity index (χ3n) is 5.40. The molecule has 1 amide bonds. The maximum atomic E-state index is 12.8. The van der Waals surface area contributed by atoms with Gasteiger partial charge in [-0.15, -0.1) is 5.10 Å². The van der Waals surface area contributed by atoms with E-state index in [2.05, 4.69) is 36.8 Å². The molecule has 2 aromatic heterocycles. The minimum Gasteiger partial charge on any atom is -0.370 e. The fourth-order valence-electron chi connectivity index (χ4n) is 3.88. The average molecular weight is 399 g/mol. The van der Waals surface area contributed by atoms with Gasteiger partial charge in [0.15, 0.2) is 0 Å². The number of aromatic nitrogens is 5. The number of amides is 1. The molecule has 150 valence electrons. The van der Waals surface area contributed by atoms with Gasteiger partial charge in [0.1, 0.15) is 6.33 Å². The lowest BCUT2D eigenvalue weighted by atomic mass is 10.1. The number of anilines is 2. The second-order valence-corrected chi connectivity index (χ2v) is 7.38. The highest BCUT2D eigenvalue weighted by Crippen LogP contribution is 2.32. The molecule has 8 heteroatoms. The molecule has 0 radical (unpaired) electrons. The van der Waals surface area contributed by atoms with Crippen molar-refractivity contribution in [3.63, 3.8) is 0 Å². The first kappa shape index (κ1) is 18.2. The van der Waals surface area contributed by atoms with Gasteiger partial charge < -0.3 is 10.2 Å². The van der Waals surface area contributed by atoms with Crippen LogP contribution in [0.3, 0.4) is 0 Å². The van der Waals surface area contributed by atoms with Crippen LogP contribution in [0.25, 0.3) is 10.9 Å². The predicted molar refractivity (Wildman–Crippen MR) is 115 cm³/mol. The maximum Gasteiger partial charge on any atom is 0.255 e. The van der Waals surface area contributed by atoms with Crippen molar-refractivity contribution in [2.45, 2.75) is 19.4 Å². The zero-order valence-corrected chi connectivity index (χ0v) is 16.4. The summed E-state index contributed by atoms with van der Waals surface area (Å²) in [5.74, 6) is -0.150. The summed E-state index contributed by atoms with van der Waals surface area (Å²) in [7, 11) is 0. The van der Waals surface area contributed by atoms with Crippen LogP contribution in [-0.2, 0) is 6.54 Å². The number of nitrogens with zero attached hydrogens (tertiary/aromatic N) is 6. The van der Waals surface area contributed by atoms with Crippen molar-refractivity contribution in [2.75, 3.05) is 23.3 Å². The van der Waals surface area contributed by atoms with Crippen LogP contribution in [0.5, 0.6) is 0 Å². The average Bonchev–Trinajstić information content (AvgIpc) is 3.49. The Kier molecular flexibility index (Phi) is 4.80. The molecule has 0 unspecified atom stereocenters. The molecule has 30 heavy (non-hydrogen) atoms. The van der Waals surface area contributed by atoms with Crippen molar-refractivity contribution in [2.24, 2.45) is 0 Å². The molecule has 4 aromatic rings. The summed E-state index contributed by atoms with van der Waals surface area (Å²) in [5.41, 5.74) is 4.44. The van der Waals surface area contributed by atoms with Crippen LogP contribution in [-0.4, -0.2) is 44.2 Å². The normalized spacial score (nSPS) is 13.7. The summed E-state index contributed by atoms with van der Waals surface area (Å²) >= 11 is 0. The number of rotatable bonds is 5. The van der Waals surface area contributed by atoms with E-state index in [4.69, 9.17) is 0 Å². The van der Waals surface area contributed by atoms with Gasteiger partial charge in [-0.1, -0.05) is 12.1 Å². The Hall–Kier alpha value is -3.81. The smallest absolute Gasteiger partial charge is 0.255 e. The predicted octanol–water partition coefficient (Wildman–Crippen LogP) is 3.12. The summed E-state index contributed by atoms with van der Waals surface area (Å²) in [6, 6.07) is 15.4. The van der Waals surface area contributed by atoms with Gasteiger partial charge in [0.25, 0.3) is 5.91 Å². The molecule has 0 atom stereocenters. The summed E-state index contributed by atoms with van der Waals surface area (Å²) in [5, 5.41) is 15.1. The minimum atomic E-state index is -0.150. The maximum absolute atomic E-state index is 12.8. The fourth-order valence-corrected chi connectivity index (χ4v) is 3.88. The molecule has 1 fully saturated rings. The lowest BCUT2D eigenvalue weighted by Gasteiger charge is -2.20. The van der Waals surface area contributed by atoms with Gasteiger partial charge in [-0.3, -0.25) is 9.78 Å². The molecule has 1 aliphatic heterocycles. The summed E-state index contributed by atoms with van der Waals surface area (Å²) < 4.78 is 1.64. The van der Waals surface area contributed by atoms with E-state index in [0.29, 0.717) is 12.1 Å². The van der Waals surface area contributed by atoms with Gasteiger partial charge >= 0.3 is 0 Å². The van der Waals surface area contributed by atoms with E-state index >= 15 is 0 Å². The molecule has 1 aliphatic rings. The Morgan fingerprint density at radius 3 is 2.63 bits per heavy atom. The second-order valence-electron chi connectivity index (χ2n) is 7.38. The molecule has 0 bridgehead atoms. The molecule has 2 aromatic carbocycles. The third kappa shape index (κ3) is 3.59. The van der Waals surface area contributed by atoms with Crippen LogP contribution < -0.4 is 10.2 Å². The fraction of sp³-hybridized carbons (Fsp3) is 0.227. The number of nitrogens with one attached hydrogen (secondary N) is 1. The van der Waals surface area contributed by atoms with Crippen LogP contribution in [0.4, 0.5) is 11.4 Å². The van der Waals surface area contributed by atoms with Gasteiger partial charge in [-0.2, -0.15) is 0 Å². The number of tetrazole rings is 1. The lowest BCUT2D eigenvalue weighted by molar-refractivity contribution is 0.102. The standard InChI is InChI=1S/C22H21N7O/c30-22(17-7-5-16(6-8-17)14-29-15-24-26-27-29)25-19-9-10-20(28-12-1-2-13-28)21-18(19)4-3-11-23-21/h3-11,15H,1-2,12-14H2,(H,25,30). The third-order valence-corrected chi connectivity index (χ3v) is 5.40. The van der Waals surface area contributed by atoms with Gasteiger partial charge in [0, 0.05) is 30.2 Å². The number of benzene rings is 2. The number of hydrogen-bond donors (Lipinski definition) is 1. The van der Waals surface area contributed by atoms with Crippen molar-refractivity contribution in [1.82, 2.24) is 25.2 Å². The van der Waals surface area contributed by atoms with E-state index in [1.165, 1.54) is 12.8 Å². The first-order chi connectivity index (χ1) is 14.8. The SMILES string of the molecule is O=C(Nc1ccc(N2CCCC2)c2ncccc12)c1ccc(Cn2cnnn2)cc1. The second kappa shape index (κ2) is 7.90. The summed E-state index contributed by atoms with van der Waals surface area (Å²) in [6.45, 7) is 2.66. The van der Waals surface area contributed by atoms with Crippen LogP contribution in [0, 0.1) is 0 Å². The van der Waals surface area contributed by atoms with Gasteiger partial charge in [-0.25, -0.2) is 4.68 Å². The number of pyridine rings is 1. The van der Waals surface area contributed by atoms with E-state index in [0.717, 1.165) is 40.9 Å². The molecule has 1 N–H and O–H groups in total. The molecule has 0 spiro atoms. The Morgan fingerprint density at radius 2 is 1.87 bits per heavy atom. The Labute approximate surface area is 173 Å². The summed E-state index contributed by atoms with van der Waals surface area (Å²) in [4.78, 5) is 19.8. The van der Waals surface area contributed by atoms with Crippen LogP contribution in [0.2, 0.25) is 0 Å². The number of carbonyl (C=O) groups is 1. The molecule has 1 saturated heterocycles. The zero-order chi connectivity index (χ0) is 20.3. The van der Waals surface area contributed by atoms with Crippen LogP contribution in [0.15, 0.2) is 61.1 Å². The van der Waals surface area contributed by atoms with Gasteiger partial charge in [0.2, 0.25) is 0 Å². The quantitative estimate of drug-likeness (QED) is 0.555. The van der Waals surface area contributed by atoms with E-state index < -0.39 is 0 Å². The van der Waals surface area contributed by atoms with E-state index in [9.17, 15) is 4.79 Å². The molecular weight excluding hydrogens is 378 g/mol. The van der Waals surface area contributed by atoms with Crippen LogP contribution in [0.1, 0.15) is 28.8 Å². The van der Waals surface area contributed by atoms with Crippen LogP contribution >= 0.6 is 0 Å². The molecule has 0 saturated carbocycles. The highest BCUT2D eigenvalue weighted by molar-refractivity contribution is 6.10. The Bertz CT molecular complexity index is 1170. The molecular formula is C22H21N7O. The monoisotopic (exact) mass is 399 g/mol. The molecule has 8 nitrogen and oxygen atoms in total. The van der Waals surface area contributed by atoms with E-state index in [-0.39, 0.29) is 5.91 Å². The molecule has 5 rings (SSSR count). The largest absolute Gasteiger partial charge is 0.370 e. The van der Waals surface area contributed by atoms with Crippen molar-refractivity contribution in [3.05, 3.63) is 72.2 Å². The Balaban J connectivity index is 1.37. The van der Waals surface area contributed by atoms with E-state index in [1.807, 2.05) is 42.5 Å². The number of fused-ring (bicyclic) bond motifs is 1. The first-order valence-corrected chi connectivity index (χ1v) is 10.0. The van der Waals surface area contributed by atoms with Crippen molar-refractivity contribution in [3.8, 4) is 0 Å². The highest BCUT2D eigenvalue weighted by Gasteiger charge is 2.17. The minimum absolute atomic E-state index is 0.150. The van der Waals surface area contributed by atoms with Gasteiger partial charge in [-0.05, 0) is 65.2 Å². The molecule has 0 aliphatic carbocycles. The van der Waals surface area contributed by atoms with Crippen molar-refractivity contribution < 1.29 is 4.79 Å². The Morgan fingerprint density at radius 1 is 1.03 bits per heavy atom. The lowest BCUT2D eigenvalue weighted by Crippen LogP contribution is -2.18.